The summed E-state index contributed by atoms with van der Waals surface area (Å²) < 4.78 is 0. The van der Waals surface area contributed by atoms with E-state index < -0.39 is 11.6 Å². The van der Waals surface area contributed by atoms with Gasteiger partial charge >= 0.3 is 6.03 Å². The Kier molecular flexibility index (Phi) is 4.71. The number of urea groups is 1. The first-order valence-electron chi connectivity index (χ1n) is 10.7. The van der Waals surface area contributed by atoms with E-state index in [9.17, 15) is 14.4 Å². The molecule has 2 saturated carbocycles. The Bertz CT molecular complexity index is 831. The van der Waals surface area contributed by atoms with Crippen LogP contribution in [0.5, 0.6) is 0 Å². The predicted molar refractivity (Wildman–Crippen MR) is 110 cm³/mol. The summed E-state index contributed by atoms with van der Waals surface area (Å²) in [6, 6.07) is 9.49. The number of hydrogen-bond acceptors (Lipinski definition) is 3. The van der Waals surface area contributed by atoms with Gasteiger partial charge in [-0.1, -0.05) is 51.1 Å². The van der Waals surface area contributed by atoms with Crippen molar-refractivity contribution in [2.45, 2.75) is 70.4 Å². The van der Waals surface area contributed by atoms with Crippen LogP contribution < -0.4 is 10.6 Å². The molecule has 6 nitrogen and oxygen atoms in total. The van der Waals surface area contributed by atoms with Crippen LogP contribution in [0.2, 0.25) is 0 Å². The highest BCUT2D eigenvalue weighted by atomic mass is 16.2. The Labute approximate surface area is 172 Å². The lowest BCUT2D eigenvalue weighted by atomic mass is 9.64. The fourth-order valence-electron chi connectivity index (χ4n) is 5.87. The summed E-state index contributed by atoms with van der Waals surface area (Å²) in [4.78, 5) is 39.8. The van der Waals surface area contributed by atoms with Crippen molar-refractivity contribution in [1.29, 1.82) is 0 Å². The van der Waals surface area contributed by atoms with Gasteiger partial charge in [0.05, 0.1) is 5.54 Å². The standard InChI is InChI=1S/C23H31N3O3/c1-16-12-21(2,3)15-23(13-16)19(28)26(20(29)25-23)14-18(27)24-22(10-7-11-22)17-8-5-4-6-9-17/h4-6,8-9,16H,7,10-15H2,1-3H3,(H,24,27)(H,25,29). The maximum atomic E-state index is 13.2. The molecule has 2 N–H and O–H groups in total. The van der Waals surface area contributed by atoms with Crippen LogP contribution in [0.1, 0.15) is 64.9 Å². The number of rotatable bonds is 4. The molecule has 3 fully saturated rings. The van der Waals surface area contributed by atoms with Crippen molar-refractivity contribution in [2.24, 2.45) is 11.3 Å². The first kappa shape index (κ1) is 19.9. The van der Waals surface area contributed by atoms with Crippen molar-refractivity contribution < 1.29 is 14.4 Å². The van der Waals surface area contributed by atoms with Crippen LogP contribution in [0.25, 0.3) is 0 Å². The van der Waals surface area contributed by atoms with Gasteiger partial charge in [0.15, 0.2) is 0 Å². The molecule has 156 valence electrons. The Balaban J connectivity index is 1.48. The molecule has 2 aliphatic carbocycles. The van der Waals surface area contributed by atoms with Gasteiger partial charge in [-0.25, -0.2) is 4.79 Å². The first-order valence-corrected chi connectivity index (χ1v) is 10.7. The molecule has 0 radical (unpaired) electrons. The number of amides is 4. The van der Waals surface area contributed by atoms with Gasteiger partial charge in [-0.15, -0.1) is 0 Å². The van der Waals surface area contributed by atoms with Gasteiger partial charge in [-0.05, 0) is 55.4 Å². The molecule has 4 amide bonds. The van der Waals surface area contributed by atoms with Crippen LogP contribution in [-0.4, -0.2) is 34.8 Å². The molecule has 6 heteroatoms. The SMILES string of the molecule is CC1CC(C)(C)CC2(C1)NC(=O)N(CC(=O)NC1(c3ccccc3)CCC1)C2=O. The van der Waals surface area contributed by atoms with Crippen molar-refractivity contribution >= 4 is 17.8 Å². The Hall–Kier alpha value is -2.37. The fourth-order valence-corrected chi connectivity index (χ4v) is 5.87. The molecule has 4 rings (SSSR count). The number of carbonyl (C=O) groups is 3. The molecular weight excluding hydrogens is 366 g/mol. The van der Waals surface area contributed by atoms with Crippen LogP contribution in [0.4, 0.5) is 4.79 Å². The molecule has 1 aliphatic heterocycles. The van der Waals surface area contributed by atoms with Crippen molar-refractivity contribution in [1.82, 2.24) is 15.5 Å². The van der Waals surface area contributed by atoms with E-state index in [0.717, 1.165) is 36.1 Å². The minimum absolute atomic E-state index is 0.0256. The van der Waals surface area contributed by atoms with Gasteiger partial charge < -0.3 is 10.6 Å². The first-order chi connectivity index (χ1) is 13.6. The summed E-state index contributed by atoms with van der Waals surface area (Å²) >= 11 is 0. The van der Waals surface area contributed by atoms with Crippen LogP contribution in [0.15, 0.2) is 30.3 Å². The van der Waals surface area contributed by atoms with Gasteiger partial charge in [0.1, 0.15) is 12.1 Å². The molecule has 2 atom stereocenters. The van der Waals surface area contributed by atoms with Crippen LogP contribution in [-0.2, 0) is 15.1 Å². The number of imide groups is 1. The predicted octanol–water partition coefficient (Wildman–Crippen LogP) is 3.32. The highest BCUT2D eigenvalue weighted by Gasteiger charge is 2.56. The molecule has 1 saturated heterocycles. The minimum Gasteiger partial charge on any atom is -0.345 e. The third-order valence-corrected chi connectivity index (χ3v) is 6.84. The summed E-state index contributed by atoms with van der Waals surface area (Å²) in [5, 5.41) is 6.06. The average molecular weight is 398 g/mol. The summed E-state index contributed by atoms with van der Waals surface area (Å²) in [6.45, 7) is 6.17. The summed E-state index contributed by atoms with van der Waals surface area (Å²) in [5.74, 6) is -0.190. The molecule has 1 aromatic carbocycles. The number of benzene rings is 1. The normalized spacial score (nSPS) is 30.0. The van der Waals surface area contributed by atoms with Gasteiger partial charge in [-0.3, -0.25) is 14.5 Å². The van der Waals surface area contributed by atoms with Gasteiger partial charge in [-0.2, -0.15) is 0 Å². The second-order valence-corrected chi connectivity index (χ2v) is 10.1. The zero-order valence-electron chi connectivity index (χ0n) is 17.6. The van der Waals surface area contributed by atoms with Crippen molar-refractivity contribution in [3.05, 3.63) is 35.9 Å². The van der Waals surface area contributed by atoms with E-state index in [1.54, 1.807) is 0 Å². The highest BCUT2D eigenvalue weighted by Crippen LogP contribution is 2.46. The van der Waals surface area contributed by atoms with Crippen molar-refractivity contribution in [3.63, 3.8) is 0 Å². The topological polar surface area (TPSA) is 78.5 Å². The van der Waals surface area contributed by atoms with Gasteiger partial charge in [0.25, 0.3) is 5.91 Å². The van der Waals surface area contributed by atoms with E-state index in [1.807, 2.05) is 30.3 Å². The van der Waals surface area contributed by atoms with Crippen LogP contribution >= 0.6 is 0 Å². The minimum atomic E-state index is -0.869. The second-order valence-electron chi connectivity index (χ2n) is 10.1. The number of hydrogen-bond donors (Lipinski definition) is 2. The van der Waals surface area contributed by atoms with Crippen LogP contribution in [0, 0.1) is 11.3 Å². The zero-order valence-corrected chi connectivity index (χ0v) is 17.6. The van der Waals surface area contributed by atoms with Crippen molar-refractivity contribution in [2.75, 3.05) is 6.54 Å². The third-order valence-electron chi connectivity index (χ3n) is 6.84. The number of nitrogens with one attached hydrogen (secondary N) is 2. The smallest absolute Gasteiger partial charge is 0.325 e. The molecule has 0 bridgehead atoms. The monoisotopic (exact) mass is 397 g/mol. The molecule has 2 unspecified atom stereocenters. The largest absolute Gasteiger partial charge is 0.345 e. The quantitative estimate of drug-likeness (QED) is 0.765. The van der Waals surface area contributed by atoms with Crippen LogP contribution in [0.3, 0.4) is 0 Å². The molecule has 1 heterocycles. The maximum Gasteiger partial charge on any atom is 0.325 e. The third kappa shape index (κ3) is 3.53. The fraction of sp³-hybridized carbons (Fsp3) is 0.609. The Morgan fingerprint density at radius 1 is 1.17 bits per heavy atom. The molecule has 0 aromatic heterocycles. The molecule has 1 spiro atoms. The average Bonchev–Trinajstić information content (AvgIpc) is 2.80. The summed E-state index contributed by atoms with van der Waals surface area (Å²) in [7, 11) is 0. The molecular formula is C23H31N3O3. The summed E-state index contributed by atoms with van der Waals surface area (Å²) in [6.07, 6.45) is 5.07. The lowest BCUT2D eigenvalue weighted by Gasteiger charge is -2.44. The van der Waals surface area contributed by atoms with Gasteiger partial charge in [0.2, 0.25) is 5.91 Å². The molecule has 1 aromatic rings. The molecule has 3 aliphatic rings. The Morgan fingerprint density at radius 2 is 1.86 bits per heavy atom. The number of carbonyl (C=O) groups excluding carboxylic acids is 3. The van der Waals surface area contributed by atoms with E-state index in [0.29, 0.717) is 18.8 Å². The summed E-state index contributed by atoms with van der Waals surface area (Å²) in [5.41, 5.74) is -0.193. The van der Waals surface area contributed by atoms with Gasteiger partial charge in [0, 0.05) is 0 Å². The highest BCUT2D eigenvalue weighted by molar-refractivity contribution is 6.09. The lowest BCUT2D eigenvalue weighted by Crippen LogP contribution is -2.55. The van der Waals surface area contributed by atoms with E-state index in [2.05, 4.69) is 31.4 Å². The second kappa shape index (κ2) is 6.85. The molecule has 29 heavy (non-hydrogen) atoms. The zero-order chi connectivity index (χ0) is 20.9. The Morgan fingerprint density at radius 3 is 2.45 bits per heavy atom. The maximum absolute atomic E-state index is 13.2. The van der Waals surface area contributed by atoms with E-state index in [4.69, 9.17) is 0 Å². The van der Waals surface area contributed by atoms with E-state index in [-0.39, 0.29) is 29.3 Å². The lowest BCUT2D eigenvalue weighted by molar-refractivity contribution is -0.138. The van der Waals surface area contributed by atoms with E-state index >= 15 is 0 Å². The number of nitrogens with zero attached hydrogens (tertiary/aromatic N) is 1. The van der Waals surface area contributed by atoms with E-state index in [1.165, 1.54) is 0 Å². The van der Waals surface area contributed by atoms with Crippen molar-refractivity contribution in [3.8, 4) is 0 Å².